The van der Waals surface area contributed by atoms with E-state index in [1.54, 1.807) is 18.2 Å². The Labute approximate surface area is 126 Å². The van der Waals surface area contributed by atoms with Gasteiger partial charge in [-0.25, -0.2) is 4.39 Å². The van der Waals surface area contributed by atoms with Gasteiger partial charge in [-0.2, -0.15) is 13.2 Å². The molecule has 3 N–H and O–H groups in total. The minimum atomic E-state index is -4.21. The molecule has 0 aliphatic rings. The maximum Gasteiger partial charge on any atom is 0.416 e. The highest BCUT2D eigenvalue weighted by molar-refractivity contribution is 5.17. The van der Waals surface area contributed by atoms with Crippen molar-refractivity contribution in [1.82, 2.24) is 0 Å². The molecule has 0 fully saturated rings. The van der Waals surface area contributed by atoms with Crippen LogP contribution < -0.4 is 5.73 Å². The van der Waals surface area contributed by atoms with E-state index >= 15 is 0 Å². The molecule has 2 aromatic carbocycles. The van der Waals surface area contributed by atoms with Crippen LogP contribution in [0.5, 0.6) is 0 Å². The van der Waals surface area contributed by atoms with Crippen molar-refractivity contribution < 1.29 is 22.7 Å². The Morgan fingerprint density at radius 2 is 1.50 bits per heavy atom. The number of halogens is 4. The lowest BCUT2D eigenvalue weighted by molar-refractivity contribution is -0.137. The van der Waals surface area contributed by atoms with Crippen LogP contribution >= 0.6 is 0 Å². The first-order valence-electron chi connectivity index (χ1n) is 6.57. The van der Waals surface area contributed by atoms with Crippen molar-refractivity contribution >= 4 is 0 Å². The third-order valence-corrected chi connectivity index (χ3v) is 2.76. The van der Waals surface area contributed by atoms with Crippen molar-refractivity contribution in [2.24, 2.45) is 5.73 Å². The molecule has 2 rings (SSSR count). The smallest absolute Gasteiger partial charge is 0.391 e. The van der Waals surface area contributed by atoms with Crippen molar-refractivity contribution in [3.05, 3.63) is 71.5 Å². The molecular formula is C16H17F4NO. The Morgan fingerprint density at radius 3 is 1.91 bits per heavy atom. The number of hydrogen-bond acceptors (Lipinski definition) is 2. The summed E-state index contributed by atoms with van der Waals surface area (Å²) in [5.41, 5.74) is 5.52. The standard InChI is InChI=1S/C9H12FNO.C7H5F3/c10-8-3-1-7(2-4-8)5-9(12)6-11;8-7(9,10)6-4-2-1-3-5-6/h1-4,9,12H,5-6,11H2;1-5H. The SMILES string of the molecule is FC(F)(F)c1ccccc1.NCC(O)Cc1ccc(F)cc1. The fourth-order valence-corrected chi connectivity index (χ4v) is 1.60. The molecular weight excluding hydrogens is 298 g/mol. The van der Waals surface area contributed by atoms with E-state index in [2.05, 4.69) is 0 Å². The van der Waals surface area contributed by atoms with Gasteiger partial charge in [0.25, 0.3) is 0 Å². The molecule has 0 aliphatic carbocycles. The van der Waals surface area contributed by atoms with E-state index in [4.69, 9.17) is 10.8 Å². The van der Waals surface area contributed by atoms with Crippen molar-refractivity contribution in [2.45, 2.75) is 18.7 Å². The second-order valence-corrected chi connectivity index (χ2v) is 4.58. The molecule has 0 saturated carbocycles. The summed E-state index contributed by atoms with van der Waals surface area (Å²) in [4.78, 5) is 0. The lowest BCUT2D eigenvalue weighted by Gasteiger charge is -2.06. The van der Waals surface area contributed by atoms with Crippen molar-refractivity contribution in [1.29, 1.82) is 0 Å². The predicted molar refractivity (Wildman–Crippen MR) is 76.6 cm³/mol. The summed E-state index contributed by atoms with van der Waals surface area (Å²) in [6.07, 6.45) is -4.26. The summed E-state index contributed by atoms with van der Waals surface area (Å²) >= 11 is 0. The maximum atomic E-state index is 12.4. The van der Waals surface area contributed by atoms with Gasteiger partial charge in [-0.1, -0.05) is 42.5 Å². The fraction of sp³-hybridized carbons (Fsp3) is 0.250. The molecule has 0 bridgehead atoms. The van der Waals surface area contributed by atoms with Gasteiger partial charge in [-0.05, 0) is 24.1 Å². The van der Waals surface area contributed by atoms with Crippen LogP contribution in [0.15, 0.2) is 54.6 Å². The quantitative estimate of drug-likeness (QED) is 0.853. The number of aliphatic hydroxyl groups is 1. The Morgan fingerprint density at radius 1 is 0.955 bits per heavy atom. The third kappa shape index (κ3) is 6.69. The van der Waals surface area contributed by atoms with Crippen LogP contribution in [0.25, 0.3) is 0 Å². The average molecular weight is 315 g/mol. The van der Waals surface area contributed by atoms with Gasteiger partial charge in [-0.3, -0.25) is 0 Å². The number of hydrogen-bond donors (Lipinski definition) is 2. The van der Waals surface area contributed by atoms with E-state index in [9.17, 15) is 17.6 Å². The number of rotatable bonds is 3. The summed E-state index contributed by atoms with van der Waals surface area (Å²) < 4.78 is 47.8. The highest BCUT2D eigenvalue weighted by Gasteiger charge is 2.29. The zero-order valence-electron chi connectivity index (χ0n) is 11.7. The number of benzene rings is 2. The fourth-order valence-electron chi connectivity index (χ4n) is 1.60. The number of aliphatic hydroxyl groups excluding tert-OH is 1. The van der Waals surface area contributed by atoms with Crippen molar-refractivity contribution in [3.8, 4) is 0 Å². The molecule has 2 nitrogen and oxygen atoms in total. The predicted octanol–water partition coefficient (Wildman–Crippen LogP) is 3.39. The molecule has 22 heavy (non-hydrogen) atoms. The molecule has 0 amide bonds. The van der Waals surface area contributed by atoms with Crippen LogP contribution in [-0.2, 0) is 12.6 Å². The minimum absolute atomic E-state index is 0.234. The summed E-state index contributed by atoms with van der Waals surface area (Å²) in [5.74, 6) is -0.263. The summed E-state index contributed by atoms with van der Waals surface area (Å²) in [6.45, 7) is 0.234. The molecule has 1 atom stereocenters. The number of alkyl halides is 3. The molecule has 0 radical (unpaired) electrons. The van der Waals surface area contributed by atoms with Crippen molar-refractivity contribution in [3.63, 3.8) is 0 Å². The molecule has 2 aromatic rings. The molecule has 0 spiro atoms. The van der Waals surface area contributed by atoms with Crippen LogP contribution in [0.1, 0.15) is 11.1 Å². The molecule has 0 saturated heterocycles. The van der Waals surface area contributed by atoms with Gasteiger partial charge in [-0.15, -0.1) is 0 Å². The maximum absolute atomic E-state index is 12.4. The van der Waals surface area contributed by atoms with Crippen LogP contribution in [0.3, 0.4) is 0 Å². The second kappa shape index (κ2) is 8.51. The summed E-state index contributed by atoms with van der Waals surface area (Å²) in [7, 11) is 0. The largest absolute Gasteiger partial charge is 0.416 e. The van der Waals surface area contributed by atoms with E-state index in [1.165, 1.54) is 24.3 Å². The van der Waals surface area contributed by atoms with Crippen LogP contribution in [0.2, 0.25) is 0 Å². The summed E-state index contributed by atoms with van der Waals surface area (Å²) in [6, 6.07) is 12.4. The van der Waals surface area contributed by atoms with Gasteiger partial charge in [0, 0.05) is 6.54 Å². The van der Waals surface area contributed by atoms with Gasteiger partial charge in [0.1, 0.15) is 5.82 Å². The normalized spacial score (nSPS) is 12.3. The average Bonchev–Trinajstić information content (AvgIpc) is 2.50. The van der Waals surface area contributed by atoms with E-state index < -0.39 is 17.8 Å². The first kappa shape index (κ1) is 18.1. The monoisotopic (exact) mass is 315 g/mol. The van der Waals surface area contributed by atoms with Gasteiger partial charge < -0.3 is 10.8 Å². The van der Waals surface area contributed by atoms with E-state index in [0.29, 0.717) is 6.42 Å². The lowest BCUT2D eigenvalue weighted by atomic mass is 10.1. The Bertz CT molecular complexity index is 540. The molecule has 0 heterocycles. The van der Waals surface area contributed by atoms with Gasteiger partial charge in [0.15, 0.2) is 0 Å². The van der Waals surface area contributed by atoms with E-state index in [-0.39, 0.29) is 12.4 Å². The van der Waals surface area contributed by atoms with Crippen LogP contribution in [0.4, 0.5) is 17.6 Å². The second-order valence-electron chi connectivity index (χ2n) is 4.58. The third-order valence-electron chi connectivity index (χ3n) is 2.76. The Balaban J connectivity index is 0.000000224. The van der Waals surface area contributed by atoms with Crippen molar-refractivity contribution in [2.75, 3.05) is 6.54 Å². The van der Waals surface area contributed by atoms with Gasteiger partial charge in [0.2, 0.25) is 0 Å². The van der Waals surface area contributed by atoms with Gasteiger partial charge in [0.05, 0.1) is 11.7 Å². The zero-order valence-corrected chi connectivity index (χ0v) is 11.7. The highest BCUT2D eigenvalue weighted by atomic mass is 19.4. The Hall–Kier alpha value is -1.92. The van der Waals surface area contributed by atoms with Crippen LogP contribution in [0, 0.1) is 5.82 Å². The lowest BCUT2D eigenvalue weighted by Crippen LogP contribution is -2.21. The highest BCUT2D eigenvalue weighted by Crippen LogP contribution is 2.28. The zero-order chi connectivity index (χ0) is 16.6. The molecule has 0 aliphatic heterocycles. The molecule has 0 aromatic heterocycles. The Kier molecular flexibility index (Phi) is 7.01. The molecule has 1 unspecified atom stereocenters. The van der Waals surface area contributed by atoms with Crippen LogP contribution in [-0.4, -0.2) is 17.8 Å². The molecule has 120 valence electrons. The number of nitrogens with two attached hydrogens (primary N) is 1. The minimum Gasteiger partial charge on any atom is -0.391 e. The van der Waals surface area contributed by atoms with Gasteiger partial charge >= 0.3 is 6.18 Å². The first-order chi connectivity index (χ1) is 10.3. The topological polar surface area (TPSA) is 46.2 Å². The van der Waals surface area contributed by atoms with E-state index in [1.807, 2.05) is 0 Å². The molecule has 6 heteroatoms. The summed E-state index contributed by atoms with van der Waals surface area (Å²) in [5, 5.41) is 9.16. The van der Waals surface area contributed by atoms with E-state index in [0.717, 1.165) is 17.7 Å². The first-order valence-corrected chi connectivity index (χ1v) is 6.57.